The molecule has 7 rings (SSSR count). The molecule has 0 heterocycles. The third kappa shape index (κ3) is 7.05. The number of rotatable bonds is 11. The molecule has 0 heteroatoms. The maximum absolute atomic E-state index is 5.99. The average molecular weight is 605 g/mol. The lowest BCUT2D eigenvalue weighted by atomic mass is 9.69. The molecule has 0 saturated heterocycles. The van der Waals surface area contributed by atoms with Crippen LogP contribution in [0.3, 0.4) is 0 Å². The van der Waals surface area contributed by atoms with Gasteiger partial charge < -0.3 is 0 Å². The number of aryl methyl sites for hydroxylation is 1. The summed E-state index contributed by atoms with van der Waals surface area (Å²) >= 11 is 0. The van der Waals surface area contributed by atoms with Crippen LogP contribution in [0.15, 0.2) is 103 Å². The van der Waals surface area contributed by atoms with Crippen molar-refractivity contribution in [3.8, 4) is 12.3 Å². The van der Waals surface area contributed by atoms with Crippen LogP contribution in [0.5, 0.6) is 0 Å². The molecule has 0 N–H and O–H groups in total. The van der Waals surface area contributed by atoms with E-state index in [0.29, 0.717) is 17.8 Å². The maximum atomic E-state index is 5.99. The Morgan fingerprint density at radius 2 is 1.67 bits per heavy atom. The topological polar surface area (TPSA) is 0 Å². The van der Waals surface area contributed by atoms with Crippen molar-refractivity contribution in [3.05, 3.63) is 137 Å². The minimum Gasteiger partial charge on any atom is -0.115 e. The molecular formula is C46H52. The van der Waals surface area contributed by atoms with Gasteiger partial charge in [-0.3, -0.25) is 0 Å². The van der Waals surface area contributed by atoms with Gasteiger partial charge in [0.15, 0.2) is 0 Å². The smallest absolute Gasteiger partial charge is 0.0274 e. The molecule has 0 aromatic heterocycles. The lowest BCUT2D eigenvalue weighted by Crippen LogP contribution is -2.23. The molecule has 3 aromatic rings. The van der Waals surface area contributed by atoms with Crippen LogP contribution in [0.4, 0.5) is 0 Å². The number of fused-ring (bicyclic) bond motifs is 2. The first kappa shape index (κ1) is 31.1. The van der Waals surface area contributed by atoms with Crippen LogP contribution >= 0.6 is 0 Å². The fourth-order valence-electron chi connectivity index (χ4n) is 9.72. The number of hydrogen-bond donors (Lipinski definition) is 0. The van der Waals surface area contributed by atoms with E-state index in [4.69, 9.17) is 13.0 Å². The van der Waals surface area contributed by atoms with Gasteiger partial charge in [0.1, 0.15) is 0 Å². The van der Waals surface area contributed by atoms with Crippen molar-refractivity contribution in [2.45, 2.75) is 89.9 Å². The van der Waals surface area contributed by atoms with Gasteiger partial charge in [0, 0.05) is 11.5 Å². The van der Waals surface area contributed by atoms with E-state index < -0.39 is 0 Å². The summed E-state index contributed by atoms with van der Waals surface area (Å²) in [7, 11) is 0. The third-order valence-electron chi connectivity index (χ3n) is 12.2. The minimum atomic E-state index is 0.425. The molecule has 0 aliphatic heterocycles. The minimum absolute atomic E-state index is 0.425. The molecule has 5 atom stereocenters. The second-order valence-corrected chi connectivity index (χ2v) is 15.3. The number of terminal acetylenes is 1. The van der Waals surface area contributed by atoms with Crippen molar-refractivity contribution < 1.29 is 0 Å². The molecule has 3 fully saturated rings. The molecule has 0 radical (unpaired) electrons. The Morgan fingerprint density at radius 1 is 0.870 bits per heavy atom. The van der Waals surface area contributed by atoms with Gasteiger partial charge in [-0.05, 0) is 146 Å². The molecule has 0 amide bonds. The summed E-state index contributed by atoms with van der Waals surface area (Å²) in [4.78, 5) is 0. The summed E-state index contributed by atoms with van der Waals surface area (Å²) in [6.45, 7) is 7.02. The summed E-state index contributed by atoms with van der Waals surface area (Å²) in [5, 5.41) is 0. The van der Waals surface area contributed by atoms with Crippen LogP contribution in [0.2, 0.25) is 0 Å². The van der Waals surface area contributed by atoms with Crippen LogP contribution in [0.1, 0.15) is 104 Å². The molecule has 4 aliphatic rings. The van der Waals surface area contributed by atoms with E-state index in [1.165, 1.54) is 103 Å². The van der Waals surface area contributed by atoms with Gasteiger partial charge in [-0.25, -0.2) is 0 Å². The van der Waals surface area contributed by atoms with Gasteiger partial charge in [0.25, 0.3) is 0 Å². The van der Waals surface area contributed by atoms with Crippen molar-refractivity contribution in [1.82, 2.24) is 0 Å². The van der Waals surface area contributed by atoms with E-state index in [1.807, 2.05) is 0 Å². The third-order valence-corrected chi connectivity index (χ3v) is 12.2. The quantitative estimate of drug-likeness (QED) is 0.151. The monoisotopic (exact) mass is 604 g/mol. The van der Waals surface area contributed by atoms with Gasteiger partial charge in [-0.2, -0.15) is 0 Å². The Kier molecular flexibility index (Phi) is 9.49. The highest BCUT2D eigenvalue weighted by Gasteiger charge is 2.39. The van der Waals surface area contributed by atoms with E-state index in [-0.39, 0.29) is 0 Å². The summed E-state index contributed by atoms with van der Waals surface area (Å²) in [5.74, 6) is 8.18. The summed E-state index contributed by atoms with van der Waals surface area (Å²) in [5.41, 5.74) is 11.0. The van der Waals surface area contributed by atoms with E-state index in [0.717, 1.165) is 42.1 Å². The lowest BCUT2D eigenvalue weighted by Gasteiger charge is -2.36. The Balaban J connectivity index is 1.02. The van der Waals surface area contributed by atoms with Crippen molar-refractivity contribution >= 4 is 5.57 Å². The average Bonchev–Trinajstić information content (AvgIpc) is 3.84. The van der Waals surface area contributed by atoms with E-state index >= 15 is 0 Å². The van der Waals surface area contributed by atoms with Crippen molar-refractivity contribution in [2.24, 2.45) is 35.5 Å². The Morgan fingerprint density at radius 3 is 2.35 bits per heavy atom. The SMILES string of the molecule is C#Cc1ccc(CC2CCC(C(C(=C)CCc3ccccc3)c3ccc(C4=CC(C)C=C4)cc3)CC2)cc1CC1CC2CCC1C2. The second-order valence-electron chi connectivity index (χ2n) is 15.3. The van der Waals surface area contributed by atoms with Crippen molar-refractivity contribution in [1.29, 1.82) is 0 Å². The van der Waals surface area contributed by atoms with Crippen LogP contribution in [0, 0.1) is 47.9 Å². The number of benzene rings is 3. The predicted octanol–water partition coefficient (Wildman–Crippen LogP) is 11.6. The van der Waals surface area contributed by atoms with Crippen LogP contribution in [-0.2, 0) is 19.3 Å². The summed E-state index contributed by atoms with van der Waals surface area (Å²) in [6.07, 6.45) is 28.4. The Hall–Kier alpha value is -3.56. The molecule has 3 aromatic carbocycles. The first-order valence-electron chi connectivity index (χ1n) is 18.3. The molecule has 0 nitrogen and oxygen atoms in total. The first-order valence-corrected chi connectivity index (χ1v) is 18.3. The molecule has 0 spiro atoms. The molecular weight excluding hydrogens is 553 g/mol. The van der Waals surface area contributed by atoms with Gasteiger partial charge in [-0.1, -0.05) is 116 Å². The fraction of sp³-hybridized carbons (Fsp3) is 0.435. The first-order chi connectivity index (χ1) is 22.5. The molecule has 5 unspecified atom stereocenters. The Bertz CT molecular complexity index is 1600. The van der Waals surface area contributed by atoms with Gasteiger partial charge >= 0.3 is 0 Å². The predicted molar refractivity (Wildman–Crippen MR) is 196 cm³/mol. The molecule has 4 aliphatic carbocycles. The normalized spacial score (nSPS) is 27.3. The zero-order valence-corrected chi connectivity index (χ0v) is 28.0. The van der Waals surface area contributed by atoms with Gasteiger partial charge in [0.2, 0.25) is 0 Å². The maximum Gasteiger partial charge on any atom is 0.0274 e. The summed E-state index contributed by atoms with van der Waals surface area (Å²) in [6, 6.07) is 27.5. The Labute approximate surface area is 279 Å². The van der Waals surface area contributed by atoms with Crippen LogP contribution in [-0.4, -0.2) is 0 Å². The van der Waals surface area contributed by atoms with Crippen LogP contribution in [0.25, 0.3) is 5.57 Å². The molecule has 46 heavy (non-hydrogen) atoms. The lowest BCUT2D eigenvalue weighted by molar-refractivity contribution is 0.252. The highest BCUT2D eigenvalue weighted by Crippen LogP contribution is 2.50. The molecule has 236 valence electrons. The number of hydrogen-bond acceptors (Lipinski definition) is 0. The van der Waals surface area contributed by atoms with Gasteiger partial charge in [-0.15, -0.1) is 6.42 Å². The van der Waals surface area contributed by atoms with E-state index in [9.17, 15) is 0 Å². The largest absolute Gasteiger partial charge is 0.115 e. The van der Waals surface area contributed by atoms with Gasteiger partial charge in [0.05, 0.1) is 0 Å². The van der Waals surface area contributed by atoms with Crippen molar-refractivity contribution in [3.63, 3.8) is 0 Å². The van der Waals surface area contributed by atoms with Crippen LogP contribution < -0.4 is 0 Å². The standard InChI is InChI=1S/C46H52/c1-4-38-18-15-36(29-44(38)31-45-30-37-16-21-43(45)28-37)27-35-13-19-40(20-14-35)46(33(3)11-12-34-8-6-5-7-9-34)41-24-22-39(23-25-41)42-17-10-32(2)26-42/h1,5-10,15,17-18,22-26,29,32,35,37,40,43,45-46H,3,11-14,16,19-21,27-28,30-31H2,2H3. The zero-order chi connectivity index (χ0) is 31.5. The fourth-order valence-corrected chi connectivity index (χ4v) is 9.72. The number of allylic oxidation sites excluding steroid dienone is 5. The highest BCUT2D eigenvalue weighted by molar-refractivity contribution is 5.76. The van der Waals surface area contributed by atoms with E-state index in [1.54, 1.807) is 0 Å². The molecule has 3 saturated carbocycles. The van der Waals surface area contributed by atoms with E-state index in [2.05, 4.69) is 104 Å². The van der Waals surface area contributed by atoms with Crippen molar-refractivity contribution in [2.75, 3.05) is 0 Å². The highest BCUT2D eigenvalue weighted by atomic mass is 14.4. The second kappa shape index (κ2) is 14.1. The summed E-state index contributed by atoms with van der Waals surface area (Å²) < 4.78 is 0. The zero-order valence-electron chi connectivity index (χ0n) is 28.0. The molecule has 2 bridgehead atoms.